The Labute approximate surface area is 108 Å². The molecule has 0 saturated carbocycles. The van der Waals surface area contributed by atoms with E-state index in [1.54, 1.807) is 0 Å². The monoisotopic (exact) mass is 324 g/mol. The summed E-state index contributed by atoms with van der Waals surface area (Å²) in [6.45, 7) is 0. The Hall–Kier alpha value is -1.64. The number of carbonyl (C=O) groups excluding carboxylic acids is 1. The van der Waals surface area contributed by atoms with E-state index in [2.05, 4.69) is 25.7 Å². The van der Waals surface area contributed by atoms with Crippen molar-refractivity contribution in [2.75, 3.05) is 7.11 Å². The molecule has 1 rings (SSSR count). The Kier molecular flexibility index (Phi) is 4.65. The Morgan fingerprint density at radius 2 is 2.28 bits per heavy atom. The number of aromatic nitrogens is 1. The van der Waals surface area contributed by atoms with Crippen LogP contribution in [0.1, 0.15) is 17.7 Å². The number of esters is 1. The third-order valence-corrected chi connectivity index (χ3v) is 2.92. The lowest BCUT2D eigenvalue weighted by molar-refractivity contribution is -0.389. The van der Waals surface area contributed by atoms with E-state index >= 15 is 0 Å². The van der Waals surface area contributed by atoms with E-state index in [9.17, 15) is 23.7 Å². The Morgan fingerprint density at radius 3 is 2.72 bits per heavy atom. The summed E-state index contributed by atoms with van der Waals surface area (Å²) in [7, 11) is 1.12. The molecule has 1 aromatic rings. The summed E-state index contributed by atoms with van der Waals surface area (Å²) >= 11 is 2.85. The Bertz CT molecular complexity index is 496. The average Bonchev–Trinajstić information content (AvgIpc) is 2.30. The van der Waals surface area contributed by atoms with E-state index in [0.29, 0.717) is 0 Å². The largest absolute Gasteiger partial charge is 0.469 e. The highest BCUT2D eigenvalue weighted by atomic mass is 79.9. The molecule has 0 aromatic carbocycles. The molecule has 0 radical (unpaired) electrons. The van der Waals surface area contributed by atoms with Crippen LogP contribution in [0.5, 0.6) is 0 Å². The molecule has 18 heavy (non-hydrogen) atoms. The number of alkyl halides is 2. The first kappa shape index (κ1) is 14.4. The van der Waals surface area contributed by atoms with E-state index in [1.807, 2.05) is 0 Å². The van der Waals surface area contributed by atoms with Gasteiger partial charge >= 0.3 is 18.2 Å². The van der Waals surface area contributed by atoms with Crippen LogP contribution in [0.4, 0.5) is 14.6 Å². The van der Waals surface area contributed by atoms with Gasteiger partial charge in [0.25, 0.3) is 0 Å². The summed E-state index contributed by atoms with van der Waals surface area (Å²) in [6.07, 6.45) is -3.35. The average molecular weight is 325 g/mol. The quantitative estimate of drug-likeness (QED) is 0.482. The van der Waals surface area contributed by atoms with Crippen molar-refractivity contribution in [3.63, 3.8) is 0 Å². The number of halogens is 3. The highest BCUT2D eigenvalue weighted by molar-refractivity contribution is 9.10. The van der Waals surface area contributed by atoms with Gasteiger partial charge in [0.2, 0.25) is 5.69 Å². The highest BCUT2D eigenvalue weighted by Crippen LogP contribution is 2.31. The topological polar surface area (TPSA) is 82.3 Å². The van der Waals surface area contributed by atoms with Crippen molar-refractivity contribution in [1.82, 2.24) is 4.98 Å². The minimum absolute atomic E-state index is 0.0267. The molecular weight excluding hydrogens is 318 g/mol. The van der Waals surface area contributed by atoms with Crippen molar-refractivity contribution in [3.05, 3.63) is 31.9 Å². The SMILES string of the molecule is COC(=O)Cc1cc([N+](=O)[O-])nc(C(F)F)c1Br. The van der Waals surface area contributed by atoms with Crippen molar-refractivity contribution in [2.24, 2.45) is 0 Å². The van der Waals surface area contributed by atoms with Gasteiger partial charge in [0.05, 0.1) is 18.0 Å². The maximum Gasteiger partial charge on any atom is 0.364 e. The molecule has 0 unspecified atom stereocenters. The smallest absolute Gasteiger partial charge is 0.364 e. The molecule has 6 nitrogen and oxygen atoms in total. The number of rotatable bonds is 4. The van der Waals surface area contributed by atoms with Crippen LogP contribution in [0.25, 0.3) is 0 Å². The second kappa shape index (κ2) is 5.80. The van der Waals surface area contributed by atoms with Gasteiger partial charge in [-0.1, -0.05) is 0 Å². The highest BCUT2D eigenvalue weighted by Gasteiger charge is 2.26. The van der Waals surface area contributed by atoms with Crippen molar-refractivity contribution in [3.8, 4) is 0 Å². The molecule has 0 aliphatic rings. The number of nitrogens with zero attached hydrogens (tertiary/aromatic N) is 2. The Morgan fingerprint density at radius 1 is 1.67 bits per heavy atom. The number of pyridine rings is 1. The van der Waals surface area contributed by atoms with E-state index in [0.717, 1.165) is 13.2 Å². The maximum absolute atomic E-state index is 12.6. The van der Waals surface area contributed by atoms with E-state index < -0.39 is 28.8 Å². The predicted octanol–water partition coefficient (Wildman–Crippen LogP) is 2.41. The van der Waals surface area contributed by atoms with Gasteiger partial charge in [-0.3, -0.25) is 4.79 Å². The predicted molar refractivity (Wildman–Crippen MR) is 59.3 cm³/mol. The van der Waals surface area contributed by atoms with Crippen molar-refractivity contribution in [2.45, 2.75) is 12.8 Å². The summed E-state index contributed by atoms with van der Waals surface area (Å²) in [5.74, 6) is -1.44. The van der Waals surface area contributed by atoms with Gasteiger partial charge in [0, 0.05) is 6.07 Å². The third-order valence-electron chi connectivity index (χ3n) is 2.00. The molecule has 0 aliphatic carbocycles. The van der Waals surface area contributed by atoms with Gasteiger partial charge in [-0.15, -0.1) is 0 Å². The molecular formula is C9H7BrF2N2O4. The minimum Gasteiger partial charge on any atom is -0.469 e. The van der Waals surface area contributed by atoms with Gasteiger partial charge in [0.15, 0.2) is 0 Å². The van der Waals surface area contributed by atoms with E-state index in [4.69, 9.17) is 0 Å². The fourth-order valence-corrected chi connectivity index (χ4v) is 1.70. The second-order valence-electron chi connectivity index (χ2n) is 3.15. The van der Waals surface area contributed by atoms with Gasteiger partial charge in [-0.2, -0.15) is 0 Å². The Balaban J connectivity index is 3.31. The molecule has 0 atom stereocenters. The first-order chi connectivity index (χ1) is 8.36. The molecule has 0 fully saturated rings. The molecule has 98 valence electrons. The first-order valence-electron chi connectivity index (χ1n) is 4.55. The van der Waals surface area contributed by atoms with Gasteiger partial charge in [-0.25, -0.2) is 8.78 Å². The second-order valence-corrected chi connectivity index (χ2v) is 3.94. The van der Waals surface area contributed by atoms with Crippen LogP contribution in [0.2, 0.25) is 0 Å². The van der Waals surface area contributed by atoms with Crippen LogP contribution < -0.4 is 0 Å². The zero-order valence-electron chi connectivity index (χ0n) is 9.02. The maximum atomic E-state index is 12.6. The fraction of sp³-hybridized carbons (Fsp3) is 0.333. The van der Waals surface area contributed by atoms with Crippen molar-refractivity contribution < 1.29 is 23.2 Å². The first-order valence-corrected chi connectivity index (χ1v) is 5.34. The zero-order chi connectivity index (χ0) is 13.9. The molecule has 0 amide bonds. The molecule has 1 aromatic heterocycles. The van der Waals surface area contributed by atoms with Gasteiger partial charge in [-0.05, 0) is 31.4 Å². The summed E-state index contributed by atoms with van der Waals surface area (Å²) < 4.78 is 29.5. The molecule has 0 aliphatic heterocycles. The van der Waals surface area contributed by atoms with Crippen molar-refractivity contribution in [1.29, 1.82) is 0 Å². The van der Waals surface area contributed by atoms with E-state index in [-0.39, 0.29) is 16.5 Å². The molecule has 0 spiro atoms. The summed E-state index contributed by atoms with van der Waals surface area (Å²) in [4.78, 5) is 23.9. The molecule has 0 bridgehead atoms. The molecule has 0 N–H and O–H groups in total. The molecule has 9 heteroatoms. The molecule has 0 saturated heterocycles. The molecule has 1 heterocycles. The normalized spacial score (nSPS) is 10.5. The van der Waals surface area contributed by atoms with E-state index in [1.165, 1.54) is 0 Å². The lowest BCUT2D eigenvalue weighted by atomic mass is 10.1. The number of methoxy groups -OCH3 is 1. The lowest BCUT2D eigenvalue weighted by Crippen LogP contribution is -2.08. The van der Waals surface area contributed by atoms with Crippen LogP contribution >= 0.6 is 15.9 Å². The standard InChI is InChI=1S/C9H7BrF2N2O4/c1-18-6(15)3-4-2-5(14(16)17)13-8(7(4)10)9(11)12/h2,9H,3H2,1H3. The fourth-order valence-electron chi connectivity index (χ4n) is 1.18. The summed E-state index contributed by atoms with van der Waals surface area (Å²) in [5, 5.41) is 10.6. The van der Waals surface area contributed by atoms with Crippen LogP contribution in [0.15, 0.2) is 10.5 Å². The van der Waals surface area contributed by atoms with Crippen LogP contribution in [0, 0.1) is 10.1 Å². The number of carbonyl (C=O) groups is 1. The van der Waals surface area contributed by atoms with Crippen LogP contribution in [0.3, 0.4) is 0 Å². The summed E-state index contributed by atoms with van der Waals surface area (Å²) in [6, 6.07) is 0.951. The van der Waals surface area contributed by atoms with Gasteiger partial charge < -0.3 is 14.9 Å². The van der Waals surface area contributed by atoms with Crippen molar-refractivity contribution >= 4 is 27.7 Å². The third kappa shape index (κ3) is 3.19. The number of ether oxygens (including phenoxy) is 1. The van der Waals surface area contributed by atoms with Gasteiger partial charge in [0.1, 0.15) is 0 Å². The zero-order valence-corrected chi connectivity index (χ0v) is 10.6. The number of nitro groups is 1. The van der Waals surface area contributed by atoms with Crippen LogP contribution in [-0.2, 0) is 16.0 Å². The minimum atomic E-state index is -2.99. The number of hydrogen-bond donors (Lipinski definition) is 0. The lowest BCUT2D eigenvalue weighted by Gasteiger charge is -2.05. The van der Waals surface area contributed by atoms with Crippen LogP contribution in [-0.4, -0.2) is 23.0 Å². The number of hydrogen-bond acceptors (Lipinski definition) is 5. The summed E-state index contributed by atoms with van der Waals surface area (Å²) in [5.41, 5.74) is -0.748.